The molecule has 1 N–H and O–H groups in total. The van der Waals surface area contributed by atoms with Crippen molar-refractivity contribution in [3.8, 4) is 11.5 Å². The number of hydrogen-bond donors (Lipinski definition) is 1. The fourth-order valence-electron chi connectivity index (χ4n) is 3.08. The van der Waals surface area contributed by atoms with E-state index in [9.17, 15) is 18.4 Å². The predicted octanol–water partition coefficient (Wildman–Crippen LogP) is 4.79. The fourth-order valence-corrected chi connectivity index (χ4v) is 3.08. The van der Waals surface area contributed by atoms with Crippen molar-refractivity contribution in [2.75, 3.05) is 19.5 Å². The van der Waals surface area contributed by atoms with Gasteiger partial charge in [0.05, 0.1) is 36.5 Å². The number of ether oxygens (including phenoxy) is 3. The molecular formula is C23H25F2N3O5. The Kier molecular flexibility index (Phi) is 6.85. The van der Waals surface area contributed by atoms with Crippen LogP contribution in [0.3, 0.4) is 0 Å². The van der Waals surface area contributed by atoms with Crippen molar-refractivity contribution in [3.63, 3.8) is 0 Å². The number of carbonyl (C=O) groups excluding carboxylic acids is 2. The number of carbonyl (C=O) groups is 2. The van der Waals surface area contributed by atoms with Crippen LogP contribution in [0.4, 0.5) is 14.5 Å². The molecule has 10 heteroatoms. The second-order valence-electron chi connectivity index (χ2n) is 8.20. The van der Waals surface area contributed by atoms with E-state index in [2.05, 4.69) is 10.3 Å². The summed E-state index contributed by atoms with van der Waals surface area (Å²) in [6, 6.07) is 9.19. The molecule has 3 aromatic rings. The van der Waals surface area contributed by atoms with Gasteiger partial charge in [0.1, 0.15) is 6.61 Å². The summed E-state index contributed by atoms with van der Waals surface area (Å²) in [6.07, 6.45) is 0. The second kappa shape index (κ2) is 9.43. The Morgan fingerprint density at radius 2 is 1.73 bits per heavy atom. The molecule has 0 spiro atoms. The summed E-state index contributed by atoms with van der Waals surface area (Å²) in [7, 11) is 2.81. The third kappa shape index (κ3) is 5.05. The van der Waals surface area contributed by atoms with Gasteiger partial charge in [-0.1, -0.05) is 32.9 Å². The molecule has 0 saturated heterocycles. The van der Waals surface area contributed by atoms with Crippen molar-refractivity contribution in [1.82, 2.24) is 9.55 Å². The minimum atomic E-state index is -2.87. The summed E-state index contributed by atoms with van der Waals surface area (Å²) < 4.78 is 43.8. The largest absolute Gasteiger partial charge is 0.493 e. The van der Waals surface area contributed by atoms with E-state index in [1.165, 1.54) is 32.4 Å². The maximum atomic E-state index is 13.6. The van der Waals surface area contributed by atoms with E-state index in [4.69, 9.17) is 14.2 Å². The van der Waals surface area contributed by atoms with Crippen LogP contribution < -0.4 is 14.8 Å². The monoisotopic (exact) mass is 461 g/mol. The summed E-state index contributed by atoms with van der Waals surface area (Å²) >= 11 is 0. The van der Waals surface area contributed by atoms with Crippen LogP contribution in [0.15, 0.2) is 36.4 Å². The first-order chi connectivity index (χ1) is 15.6. The number of nitrogens with one attached hydrogen (secondary N) is 1. The van der Waals surface area contributed by atoms with Gasteiger partial charge >= 0.3 is 12.5 Å². The SMILES string of the molecule is COc1cc(NC(=O)C(C)(C)C)c(C(=O)OCc2nc3ccccc3n2C(F)F)cc1OC. The molecule has 1 heterocycles. The molecule has 0 radical (unpaired) electrons. The zero-order chi connectivity index (χ0) is 24.3. The molecule has 1 amide bonds. The molecule has 0 atom stereocenters. The van der Waals surface area contributed by atoms with E-state index < -0.39 is 24.5 Å². The number of imidazole rings is 1. The normalized spacial score (nSPS) is 11.5. The fraction of sp³-hybridized carbons (Fsp3) is 0.348. The number of esters is 1. The molecule has 0 fully saturated rings. The first-order valence-corrected chi connectivity index (χ1v) is 10.1. The summed E-state index contributed by atoms with van der Waals surface area (Å²) in [6.45, 7) is 1.79. The highest BCUT2D eigenvalue weighted by molar-refractivity contribution is 6.03. The lowest BCUT2D eigenvalue weighted by Gasteiger charge is -2.20. The number of amides is 1. The zero-order valence-corrected chi connectivity index (χ0v) is 18.9. The molecule has 0 unspecified atom stereocenters. The number of halogens is 2. The molecule has 0 saturated carbocycles. The maximum absolute atomic E-state index is 13.6. The van der Waals surface area contributed by atoms with Gasteiger partial charge in [-0.05, 0) is 12.1 Å². The molecule has 3 rings (SSSR count). The molecule has 0 aliphatic heterocycles. The Hall–Kier alpha value is -3.69. The van der Waals surface area contributed by atoms with Crippen LogP contribution in [0.2, 0.25) is 0 Å². The summed E-state index contributed by atoms with van der Waals surface area (Å²) in [5.74, 6) is -0.785. The van der Waals surface area contributed by atoms with Gasteiger partial charge in [-0.2, -0.15) is 8.78 Å². The Morgan fingerprint density at radius 1 is 1.09 bits per heavy atom. The van der Waals surface area contributed by atoms with E-state index in [0.29, 0.717) is 10.1 Å². The Balaban J connectivity index is 1.94. The minimum Gasteiger partial charge on any atom is -0.493 e. The quantitative estimate of drug-likeness (QED) is 0.509. The van der Waals surface area contributed by atoms with Crippen LogP contribution in [-0.4, -0.2) is 35.6 Å². The van der Waals surface area contributed by atoms with Crippen LogP contribution in [0.25, 0.3) is 11.0 Å². The standard InChI is InChI=1S/C23H25F2N3O5/c1-23(2,3)21(30)27-15-11-18(32-5)17(31-4)10-13(15)20(29)33-12-19-26-14-8-6-7-9-16(14)28(19)22(24)25/h6-11,22H,12H2,1-5H3,(H,27,30). The van der Waals surface area contributed by atoms with Gasteiger partial charge < -0.3 is 19.5 Å². The molecule has 2 aromatic carbocycles. The van der Waals surface area contributed by atoms with Gasteiger partial charge in [0.25, 0.3) is 0 Å². The number of hydrogen-bond acceptors (Lipinski definition) is 6. The van der Waals surface area contributed by atoms with Crippen LogP contribution in [0.5, 0.6) is 11.5 Å². The zero-order valence-electron chi connectivity index (χ0n) is 18.9. The molecule has 33 heavy (non-hydrogen) atoms. The average molecular weight is 461 g/mol. The topological polar surface area (TPSA) is 91.7 Å². The molecule has 1 aromatic heterocycles. The molecule has 0 bridgehead atoms. The van der Waals surface area contributed by atoms with E-state index in [-0.39, 0.29) is 40.0 Å². The van der Waals surface area contributed by atoms with Gasteiger partial charge in [0.2, 0.25) is 5.91 Å². The number of nitrogens with zero attached hydrogens (tertiary/aromatic N) is 2. The number of rotatable bonds is 7. The van der Waals surface area contributed by atoms with Gasteiger partial charge in [0.15, 0.2) is 17.3 Å². The number of anilines is 1. The maximum Gasteiger partial charge on any atom is 0.340 e. The number of para-hydroxylation sites is 2. The Bertz CT molecular complexity index is 1180. The van der Waals surface area contributed by atoms with Crippen molar-refractivity contribution in [2.45, 2.75) is 33.9 Å². The highest BCUT2D eigenvalue weighted by Crippen LogP contribution is 2.35. The van der Waals surface area contributed by atoms with Crippen molar-refractivity contribution in [3.05, 3.63) is 47.8 Å². The number of fused-ring (bicyclic) bond motifs is 1. The summed E-state index contributed by atoms with van der Waals surface area (Å²) in [5, 5.41) is 2.69. The first-order valence-electron chi connectivity index (χ1n) is 10.1. The average Bonchev–Trinajstić information content (AvgIpc) is 3.15. The van der Waals surface area contributed by atoms with E-state index in [0.717, 1.165) is 0 Å². The van der Waals surface area contributed by atoms with E-state index in [1.807, 2.05) is 0 Å². The molecular weight excluding hydrogens is 436 g/mol. The van der Waals surface area contributed by atoms with Crippen molar-refractivity contribution < 1.29 is 32.6 Å². The Labute approximate surface area is 189 Å². The lowest BCUT2D eigenvalue weighted by molar-refractivity contribution is -0.123. The highest BCUT2D eigenvalue weighted by Gasteiger charge is 2.26. The smallest absolute Gasteiger partial charge is 0.340 e. The lowest BCUT2D eigenvalue weighted by atomic mass is 9.95. The number of alkyl halides is 2. The van der Waals surface area contributed by atoms with Gasteiger partial charge in [-0.3, -0.25) is 9.36 Å². The van der Waals surface area contributed by atoms with Gasteiger partial charge in [-0.25, -0.2) is 9.78 Å². The number of aromatic nitrogens is 2. The molecule has 176 valence electrons. The van der Waals surface area contributed by atoms with E-state index >= 15 is 0 Å². The van der Waals surface area contributed by atoms with Crippen molar-refractivity contribution >= 4 is 28.6 Å². The summed E-state index contributed by atoms with van der Waals surface area (Å²) in [4.78, 5) is 29.6. The van der Waals surface area contributed by atoms with Crippen molar-refractivity contribution in [2.24, 2.45) is 5.41 Å². The highest BCUT2D eigenvalue weighted by atomic mass is 19.3. The Morgan fingerprint density at radius 3 is 2.33 bits per heavy atom. The molecule has 0 aliphatic rings. The second-order valence-corrected chi connectivity index (χ2v) is 8.20. The predicted molar refractivity (Wildman–Crippen MR) is 118 cm³/mol. The molecule has 8 nitrogen and oxygen atoms in total. The number of methoxy groups -OCH3 is 2. The van der Waals surface area contributed by atoms with Crippen LogP contribution in [-0.2, 0) is 16.1 Å². The minimum absolute atomic E-state index is 0.0232. The van der Waals surface area contributed by atoms with Gasteiger partial charge in [0, 0.05) is 17.5 Å². The first kappa shape index (κ1) is 24.0. The van der Waals surface area contributed by atoms with Gasteiger partial charge in [-0.15, -0.1) is 0 Å². The van der Waals surface area contributed by atoms with Crippen LogP contribution in [0.1, 0.15) is 43.5 Å². The third-order valence-corrected chi connectivity index (χ3v) is 4.87. The third-order valence-electron chi connectivity index (χ3n) is 4.87. The number of benzene rings is 2. The van der Waals surface area contributed by atoms with Crippen molar-refractivity contribution in [1.29, 1.82) is 0 Å². The van der Waals surface area contributed by atoms with Crippen LogP contribution in [0, 0.1) is 5.41 Å². The molecule has 0 aliphatic carbocycles. The summed E-state index contributed by atoms with van der Waals surface area (Å²) in [5.41, 5.74) is -0.0445. The lowest BCUT2D eigenvalue weighted by Crippen LogP contribution is -2.28. The van der Waals surface area contributed by atoms with Crippen LogP contribution >= 0.6 is 0 Å². The van der Waals surface area contributed by atoms with E-state index in [1.54, 1.807) is 39.0 Å².